The molecule has 0 saturated heterocycles. The summed E-state index contributed by atoms with van der Waals surface area (Å²) in [5, 5.41) is 0. The Morgan fingerprint density at radius 3 is 2.61 bits per heavy atom. The number of ketones is 1. The van der Waals surface area contributed by atoms with Crippen molar-refractivity contribution in [3.05, 3.63) is 64.1 Å². The third-order valence-corrected chi connectivity index (χ3v) is 3.92. The lowest BCUT2D eigenvalue weighted by molar-refractivity contribution is -0.136. The number of nitrogens with two attached hydrogens (primary N) is 1. The number of carbonyl (C=O) groups excluding carboxylic acids is 2. The minimum Gasteiger partial charge on any atom is -0.480 e. The van der Waals surface area contributed by atoms with Crippen LogP contribution in [0.2, 0.25) is 0 Å². The monoisotopic (exact) mass is 312 g/mol. The molecular formula is C17H16N2O4. The van der Waals surface area contributed by atoms with E-state index in [1.54, 1.807) is 38.2 Å². The summed E-state index contributed by atoms with van der Waals surface area (Å²) in [7, 11) is 0. The van der Waals surface area contributed by atoms with Gasteiger partial charge in [-0.05, 0) is 38.1 Å². The largest absolute Gasteiger partial charge is 0.480 e. The molecule has 1 aliphatic heterocycles. The normalized spacial score (nSPS) is 18.9. The Labute approximate surface area is 132 Å². The van der Waals surface area contributed by atoms with E-state index in [-0.39, 0.29) is 16.9 Å². The van der Waals surface area contributed by atoms with Crippen molar-refractivity contribution in [2.24, 2.45) is 5.73 Å². The van der Waals surface area contributed by atoms with Gasteiger partial charge in [0.15, 0.2) is 5.60 Å². The van der Waals surface area contributed by atoms with Gasteiger partial charge in [0.2, 0.25) is 11.7 Å². The molecule has 0 fully saturated rings. The summed E-state index contributed by atoms with van der Waals surface area (Å²) in [5.41, 5.74) is 4.64. The van der Waals surface area contributed by atoms with E-state index in [1.807, 2.05) is 0 Å². The molecule has 0 aliphatic carbocycles. The number of hydrogen-bond acceptors (Lipinski definition) is 4. The highest BCUT2D eigenvalue weighted by Gasteiger charge is 2.43. The second kappa shape index (κ2) is 5.08. The standard InChI is InChI=1S/C17H16N2O4/c1-17(2)15(21)14(19-8-4-3-5-13(19)20)11-9-10(16(18)22)6-7-12(11)23-17/h3-9,14H,1-2H3,(H2,18,22). The number of hydrogen-bond donors (Lipinski definition) is 1. The maximum absolute atomic E-state index is 12.8. The van der Waals surface area contributed by atoms with E-state index >= 15 is 0 Å². The van der Waals surface area contributed by atoms with Gasteiger partial charge in [-0.15, -0.1) is 0 Å². The summed E-state index contributed by atoms with van der Waals surface area (Å²) < 4.78 is 7.08. The summed E-state index contributed by atoms with van der Waals surface area (Å²) in [4.78, 5) is 36.5. The zero-order chi connectivity index (χ0) is 16.8. The molecule has 118 valence electrons. The minimum absolute atomic E-state index is 0.258. The Bertz CT molecular complexity index is 867. The molecule has 6 nitrogen and oxygen atoms in total. The van der Waals surface area contributed by atoms with Crippen LogP contribution in [0.4, 0.5) is 0 Å². The zero-order valence-corrected chi connectivity index (χ0v) is 12.8. The van der Waals surface area contributed by atoms with E-state index in [2.05, 4.69) is 0 Å². The lowest BCUT2D eigenvalue weighted by Crippen LogP contribution is -2.48. The molecule has 2 N–H and O–H groups in total. The molecule has 0 radical (unpaired) electrons. The third kappa shape index (κ3) is 2.42. The van der Waals surface area contributed by atoms with E-state index < -0.39 is 17.6 Å². The van der Waals surface area contributed by atoms with E-state index in [0.29, 0.717) is 11.3 Å². The number of ether oxygens (including phenoxy) is 1. The number of carbonyl (C=O) groups is 2. The molecule has 0 spiro atoms. The fourth-order valence-corrected chi connectivity index (χ4v) is 2.73. The van der Waals surface area contributed by atoms with Crippen molar-refractivity contribution in [2.75, 3.05) is 0 Å². The minimum atomic E-state index is -1.08. The second-order valence-electron chi connectivity index (χ2n) is 5.94. The number of primary amides is 1. The SMILES string of the molecule is CC1(C)Oc2ccc(C(N)=O)cc2C(n2ccccc2=O)C1=O. The van der Waals surface area contributed by atoms with E-state index in [4.69, 9.17) is 10.5 Å². The van der Waals surface area contributed by atoms with E-state index in [1.165, 1.54) is 22.8 Å². The molecule has 1 unspecified atom stereocenters. The molecule has 1 aromatic carbocycles. The average molecular weight is 312 g/mol. The number of rotatable bonds is 2. The Morgan fingerprint density at radius 2 is 1.96 bits per heavy atom. The van der Waals surface area contributed by atoms with Gasteiger partial charge in [-0.3, -0.25) is 14.4 Å². The number of benzene rings is 1. The summed E-state index contributed by atoms with van der Waals surface area (Å²) in [5.74, 6) is -0.412. The van der Waals surface area contributed by atoms with Crippen LogP contribution in [0.5, 0.6) is 5.75 Å². The molecule has 0 saturated carbocycles. The molecular weight excluding hydrogens is 296 g/mol. The van der Waals surface area contributed by atoms with Gasteiger partial charge >= 0.3 is 0 Å². The second-order valence-corrected chi connectivity index (χ2v) is 5.94. The number of Topliss-reactive ketones (excluding diaryl/α,β-unsaturated/α-hetero) is 1. The van der Waals surface area contributed by atoms with Crippen LogP contribution in [0.15, 0.2) is 47.4 Å². The van der Waals surface area contributed by atoms with Crippen LogP contribution in [0, 0.1) is 0 Å². The van der Waals surface area contributed by atoms with Crippen molar-refractivity contribution in [1.82, 2.24) is 4.57 Å². The van der Waals surface area contributed by atoms with Gasteiger partial charge in [-0.1, -0.05) is 6.07 Å². The molecule has 1 aromatic heterocycles. The quantitative estimate of drug-likeness (QED) is 0.904. The fraction of sp³-hybridized carbons (Fsp3) is 0.235. The van der Waals surface area contributed by atoms with Gasteiger partial charge in [0, 0.05) is 23.4 Å². The molecule has 1 amide bonds. The summed E-state index contributed by atoms with van der Waals surface area (Å²) in [6.45, 7) is 3.31. The number of fused-ring (bicyclic) bond motifs is 1. The Kier molecular flexibility index (Phi) is 3.32. The lowest BCUT2D eigenvalue weighted by atomic mass is 9.87. The number of aromatic nitrogens is 1. The molecule has 1 atom stereocenters. The van der Waals surface area contributed by atoms with Gasteiger partial charge in [0.1, 0.15) is 11.8 Å². The van der Waals surface area contributed by atoms with Gasteiger partial charge in [0.05, 0.1) is 0 Å². The van der Waals surface area contributed by atoms with Gasteiger partial charge < -0.3 is 15.0 Å². The molecule has 2 heterocycles. The predicted octanol–water partition coefficient (Wildman–Crippen LogP) is 1.28. The van der Waals surface area contributed by atoms with Crippen molar-refractivity contribution < 1.29 is 14.3 Å². The van der Waals surface area contributed by atoms with Crippen molar-refractivity contribution in [1.29, 1.82) is 0 Å². The molecule has 0 bridgehead atoms. The topological polar surface area (TPSA) is 91.4 Å². The lowest BCUT2D eigenvalue weighted by Gasteiger charge is -2.36. The van der Waals surface area contributed by atoms with Crippen LogP contribution < -0.4 is 16.0 Å². The van der Waals surface area contributed by atoms with Crippen LogP contribution in [0.1, 0.15) is 35.8 Å². The highest BCUT2D eigenvalue weighted by molar-refractivity contribution is 5.97. The Hall–Kier alpha value is -2.89. The van der Waals surface area contributed by atoms with Crippen molar-refractivity contribution in [3.63, 3.8) is 0 Å². The molecule has 1 aliphatic rings. The highest BCUT2D eigenvalue weighted by Crippen LogP contribution is 2.39. The highest BCUT2D eigenvalue weighted by atomic mass is 16.5. The molecule has 23 heavy (non-hydrogen) atoms. The van der Waals surface area contributed by atoms with Gasteiger partial charge in [0.25, 0.3) is 5.56 Å². The number of amides is 1. The van der Waals surface area contributed by atoms with Crippen LogP contribution in [0.25, 0.3) is 0 Å². The van der Waals surface area contributed by atoms with Gasteiger partial charge in [-0.2, -0.15) is 0 Å². The van der Waals surface area contributed by atoms with Crippen molar-refractivity contribution in [3.8, 4) is 5.75 Å². The third-order valence-electron chi connectivity index (χ3n) is 3.92. The fourth-order valence-electron chi connectivity index (χ4n) is 2.73. The van der Waals surface area contributed by atoms with E-state index in [9.17, 15) is 14.4 Å². The van der Waals surface area contributed by atoms with Crippen LogP contribution in [-0.4, -0.2) is 21.9 Å². The van der Waals surface area contributed by atoms with Crippen molar-refractivity contribution >= 4 is 11.7 Å². The first-order valence-corrected chi connectivity index (χ1v) is 7.15. The van der Waals surface area contributed by atoms with Gasteiger partial charge in [-0.25, -0.2) is 0 Å². The van der Waals surface area contributed by atoms with Crippen molar-refractivity contribution in [2.45, 2.75) is 25.5 Å². The first kappa shape index (κ1) is 15.0. The Balaban J connectivity index is 2.28. The molecule has 6 heteroatoms. The first-order valence-electron chi connectivity index (χ1n) is 7.15. The molecule has 3 rings (SSSR count). The zero-order valence-electron chi connectivity index (χ0n) is 12.8. The smallest absolute Gasteiger partial charge is 0.251 e. The summed E-state index contributed by atoms with van der Waals surface area (Å²) in [6, 6.07) is 8.45. The molecule has 2 aromatic rings. The first-order chi connectivity index (χ1) is 10.8. The number of nitrogens with zero attached hydrogens (tertiary/aromatic N) is 1. The maximum atomic E-state index is 12.8. The van der Waals surface area contributed by atoms with Crippen LogP contribution in [-0.2, 0) is 4.79 Å². The van der Waals surface area contributed by atoms with Crippen LogP contribution in [0.3, 0.4) is 0 Å². The number of pyridine rings is 1. The Morgan fingerprint density at radius 1 is 1.22 bits per heavy atom. The van der Waals surface area contributed by atoms with E-state index in [0.717, 1.165) is 0 Å². The summed E-state index contributed by atoms with van der Waals surface area (Å²) >= 11 is 0. The van der Waals surface area contributed by atoms with Crippen LogP contribution >= 0.6 is 0 Å². The maximum Gasteiger partial charge on any atom is 0.251 e. The average Bonchev–Trinajstić information content (AvgIpc) is 2.49. The summed E-state index contributed by atoms with van der Waals surface area (Å²) in [6.07, 6.45) is 1.55. The predicted molar refractivity (Wildman–Crippen MR) is 83.5 cm³/mol.